The van der Waals surface area contributed by atoms with Crippen LogP contribution in [0, 0.1) is 5.92 Å². The van der Waals surface area contributed by atoms with Crippen molar-refractivity contribution < 1.29 is 14.6 Å². The third kappa shape index (κ3) is 5.22. The minimum Gasteiger partial charge on any atom is -0.508 e. The zero-order chi connectivity index (χ0) is 16.2. The van der Waals surface area contributed by atoms with Crippen LogP contribution in [-0.4, -0.2) is 29.9 Å². The summed E-state index contributed by atoms with van der Waals surface area (Å²) in [6.45, 7) is 7.53. The van der Waals surface area contributed by atoms with Crippen molar-refractivity contribution in [3.05, 3.63) is 23.8 Å². The second kappa shape index (κ2) is 7.01. The SMILES string of the molecule is CC(C)(C)OC(=O)Nc1ccc(CC2CCNCC2)c(O)c1. The maximum Gasteiger partial charge on any atom is 0.412 e. The minimum atomic E-state index is -0.541. The van der Waals surface area contributed by atoms with E-state index in [4.69, 9.17) is 4.74 Å². The van der Waals surface area contributed by atoms with Crippen LogP contribution in [0.1, 0.15) is 39.2 Å². The van der Waals surface area contributed by atoms with Crippen LogP contribution in [-0.2, 0) is 11.2 Å². The van der Waals surface area contributed by atoms with Gasteiger partial charge < -0.3 is 15.2 Å². The monoisotopic (exact) mass is 306 g/mol. The maximum atomic E-state index is 11.7. The van der Waals surface area contributed by atoms with Gasteiger partial charge >= 0.3 is 6.09 Å². The van der Waals surface area contributed by atoms with Gasteiger partial charge in [0, 0.05) is 11.8 Å². The molecule has 1 fully saturated rings. The molecule has 0 radical (unpaired) electrons. The number of hydrogen-bond donors (Lipinski definition) is 3. The topological polar surface area (TPSA) is 70.6 Å². The molecule has 1 amide bonds. The zero-order valence-corrected chi connectivity index (χ0v) is 13.6. The summed E-state index contributed by atoms with van der Waals surface area (Å²) in [5.74, 6) is 0.837. The number of ether oxygens (including phenoxy) is 1. The van der Waals surface area contributed by atoms with Crippen molar-refractivity contribution in [1.82, 2.24) is 5.32 Å². The van der Waals surface area contributed by atoms with Gasteiger partial charge in [-0.2, -0.15) is 0 Å². The van der Waals surface area contributed by atoms with E-state index in [1.165, 1.54) is 0 Å². The molecule has 22 heavy (non-hydrogen) atoms. The summed E-state index contributed by atoms with van der Waals surface area (Å²) in [5.41, 5.74) is 0.934. The number of carbonyl (C=O) groups excluding carboxylic acids is 1. The Morgan fingerprint density at radius 2 is 2.05 bits per heavy atom. The molecule has 1 aliphatic rings. The molecule has 1 saturated heterocycles. The molecule has 0 bridgehead atoms. The van der Waals surface area contributed by atoms with Crippen LogP contribution in [0.15, 0.2) is 18.2 Å². The van der Waals surface area contributed by atoms with Crippen molar-refractivity contribution in [2.24, 2.45) is 5.92 Å². The molecule has 0 atom stereocenters. The Labute approximate surface area is 132 Å². The van der Waals surface area contributed by atoms with Gasteiger partial charge in [-0.3, -0.25) is 5.32 Å². The number of phenolic OH excluding ortho intramolecular Hbond substituents is 1. The number of rotatable bonds is 3. The standard InChI is InChI=1S/C17H26N2O3/c1-17(2,3)22-16(21)19-14-5-4-13(15(20)11-14)10-12-6-8-18-9-7-12/h4-5,11-12,18,20H,6-10H2,1-3H3,(H,19,21). The molecule has 2 rings (SSSR count). The van der Waals surface area contributed by atoms with Gasteiger partial charge in [0.2, 0.25) is 0 Å². The third-order valence-corrected chi connectivity index (χ3v) is 3.70. The number of benzene rings is 1. The van der Waals surface area contributed by atoms with Crippen molar-refractivity contribution in [2.45, 2.75) is 45.6 Å². The molecule has 3 N–H and O–H groups in total. The number of piperidine rings is 1. The van der Waals surface area contributed by atoms with E-state index in [9.17, 15) is 9.90 Å². The molecule has 0 spiro atoms. The van der Waals surface area contributed by atoms with Crippen molar-refractivity contribution in [1.29, 1.82) is 0 Å². The summed E-state index contributed by atoms with van der Waals surface area (Å²) >= 11 is 0. The van der Waals surface area contributed by atoms with Gasteiger partial charge in [-0.25, -0.2) is 4.79 Å². The first-order valence-electron chi connectivity index (χ1n) is 7.86. The summed E-state index contributed by atoms with van der Waals surface area (Å²) in [4.78, 5) is 11.7. The Morgan fingerprint density at radius 3 is 2.64 bits per heavy atom. The number of phenols is 1. The number of amides is 1. The second-order valence-corrected chi connectivity index (χ2v) is 6.87. The van der Waals surface area contributed by atoms with Crippen LogP contribution in [0.2, 0.25) is 0 Å². The van der Waals surface area contributed by atoms with E-state index >= 15 is 0 Å². The number of carbonyl (C=O) groups is 1. The average Bonchev–Trinajstić information content (AvgIpc) is 2.41. The molecule has 0 aromatic heterocycles. The lowest BCUT2D eigenvalue weighted by Gasteiger charge is -2.23. The van der Waals surface area contributed by atoms with Gasteiger partial charge in [-0.15, -0.1) is 0 Å². The Balaban J connectivity index is 1.95. The van der Waals surface area contributed by atoms with Crippen LogP contribution < -0.4 is 10.6 Å². The van der Waals surface area contributed by atoms with Gasteiger partial charge in [0.15, 0.2) is 0 Å². The van der Waals surface area contributed by atoms with Crippen molar-refractivity contribution in [3.8, 4) is 5.75 Å². The summed E-state index contributed by atoms with van der Waals surface area (Å²) in [6, 6.07) is 5.27. The van der Waals surface area contributed by atoms with E-state index < -0.39 is 11.7 Å². The number of aromatic hydroxyl groups is 1. The molecular formula is C17H26N2O3. The normalized spacial score (nSPS) is 16.3. The first kappa shape index (κ1) is 16.6. The Hall–Kier alpha value is -1.75. The third-order valence-electron chi connectivity index (χ3n) is 3.70. The highest BCUT2D eigenvalue weighted by atomic mass is 16.6. The van der Waals surface area contributed by atoms with Gasteiger partial charge in [0.05, 0.1) is 0 Å². The Bertz CT molecular complexity index is 517. The molecule has 5 heteroatoms. The van der Waals surface area contributed by atoms with Crippen LogP contribution in [0.25, 0.3) is 0 Å². The molecule has 1 aliphatic heterocycles. The quantitative estimate of drug-likeness (QED) is 0.801. The lowest BCUT2D eigenvalue weighted by molar-refractivity contribution is 0.0636. The molecule has 0 saturated carbocycles. The van der Waals surface area contributed by atoms with E-state index in [1.807, 2.05) is 26.8 Å². The predicted molar refractivity (Wildman–Crippen MR) is 87.3 cm³/mol. The van der Waals surface area contributed by atoms with E-state index in [0.717, 1.165) is 37.9 Å². The smallest absolute Gasteiger partial charge is 0.412 e. The van der Waals surface area contributed by atoms with Crippen molar-refractivity contribution in [3.63, 3.8) is 0 Å². The van der Waals surface area contributed by atoms with E-state index in [1.54, 1.807) is 12.1 Å². The Morgan fingerprint density at radius 1 is 1.36 bits per heavy atom. The maximum absolute atomic E-state index is 11.7. The Kier molecular flexibility index (Phi) is 5.29. The average molecular weight is 306 g/mol. The summed E-state index contributed by atoms with van der Waals surface area (Å²) in [6.07, 6.45) is 2.63. The summed E-state index contributed by atoms with van der Waals surface area (Å²) in [5, 5.41) is 16.1. The van der Waals surface area contributed by atoms with Crippen molar-refractivity contribution in [2.75, 3.05) is 18.4 Å². The molecular weight excluding hydrogens is 280 g/mol. The lowest BCUT2D eigenvalue weighted by atomic mass is 9.90. The molecule has 1 aromatic carbocycles. The van der Waals surface area contributed by atoms with Crippen LogP contribution in [0.3, 0.4) is 0 Å². The summed E-state index contributed by atoms with van der Waals surface area (Å²) in [7, 11) is 0. The van der Waals surface area contributed by atoms with Crippen molar-refractivity contribution >= 4 is 11.8 Å². The zero-order valence-electron chi connectivity index (χ0n) is 13.6. The van der Waals surface area contributed by atoms with Crippen LogP contribution in [0.4, 0.5) is 10.5 Å². The molecule has 0 aliphatic carbocycles. The molecule has 5 nitrogen and oxygen atoms in total. The highest BCUT2D eigenvalue weighted by Gasteiger charge is 2.18. The molecule has 0 unspecified atom stereocenters. The van der Waals surface area contributed by atoms with Crippen LogP contribution in [0.5, 0.6) is 5.75 Å². The molecule has 1 heterocycles. The number of hydrogen-bond acceptors (Lipinski definition) is 4. The highest BCUT2D eigenvalue weighted by Crippen LogP contribution is 2.27. The van der Waals surface area contributed by atoms with E-state index in [0.29, 0.717) is 11.6 Å². The highest BCUT2D eigenvalue weighted by molar-refractivity contribution is 5.85. The first-order valence-corrected chi connectivity index (χ1v) is 7.86. The predicted octanol–water partition coefficient (Wildman–Crippen LogP) is 3.28. The second-order valence-electron chi connectivity index (χ2n) is 6.87. The van der Waals surface area contributed by atoms with E-state index in [-0.39, 0.29) is 5.75 Å². The molecule has 1 aromatic rings. The van der Waals surface area contributed by atoms with Gasteiger partial charge in [0.25, 0.3) is 0 Å². The fourth-order valence-electron chi connectivity index (χ4n) is 2.63. The number of nitrogens with one attached hydrogen (secondary N) is 2. The van der Waals surface area contributed by atoms with Crippen LogP contribution >= 0.6 is 0 Å². The minimum absolute atomic E-state index is 0.229. The van der Waals surface area contributed by atoms with E-state index in [2.05, 4.69) is 10.6 Å². The largest absolute Gasteiger partial charge is 0.508 e. The fourth-order valence-corrected chi connectivity index (χ4v) is 2.63. The number of anilines is 1. The summed E-state index contributed by atoms with van der Waals surface area (Å²) < 4.78 is 5.19. The first-order chi connectivity index (χ1) is 10.3. The van der Waals surface area contributed by atoms with Gasteiger partial charge in [-0.1, -0.05) is 6.07 Å². The fraction of sp³-hybridized carbons (Fsp3) is 0.588. The van der Waals surface area contributed by atoms with Gasteiger partial charge in [-0.05, 0) is 70.7 Å². The lowest BCUT2D eigenvalue weighted by Crippen LogP contribution is -2.28. The molecule has 122 valence electrons. The van der Waals surface area contributed by atoms with Gasteiger partial charge in [0.1, 0.15) is 11.4 Å².